The lowest BCUT2D eigenvalue weighted by Gasteiger charge is -2.23. The zero-order chi connectivity index (χ0) is 23.5. The van der Waals surface area contributed by atoms with Crippen molar-refractivity contribution in [3.8, 4) is 11.5 Å². The molecule has 1 fully saturated rings. The van der Waals surface area contributed by atoms with E-state index in [9.17, 15) is 4.79 Å². The van der Waals surface area contributed by atoms with E-state index < -0.39 is 0 Å². The summed E-state index contributed by atoms with van der Waals surface area (Å²) in [5.74, 6) is 2.30. The number of piperidine rings is 1. The smallest absolute Gasteiger partial charge is 0.256 e. The first-order chi connectivity index (χ1) is 16.6. The number of rotatable bonds is 6. The number of aromatic nitrogens is 2. The van der Waals surface area contributed by atoms with Crippen LogP contribution >= 0.6 is 0 Å². The van der Waals surface area contributed by atoms with Gasteiger partial charge in [0.05, 0.1) is 0 Å². The van der Waals surface area contributed by atoms with Gasteiger partial charge in [0, 0.05) is 42.0 Å². The molecule has 0 bridgehead atoms. The van der Waals surface area contributed by atoms with Crippen molar-refractivity contribution in [2.24, 2.45) is 7.05 Å². The van der Waals surface area contributed by atoms with E-state index in [1.165, 1.54) is 11.1 Å². The van der Waals surface area contributed by atoms with Crippen molar-refractivity contribution in [2.45, 2.75) is 32.1 Å². The summed E-state index contributed by atoms with van der Waals surface area (Å²) >= 11 is 0. The number of aryl methyl sites for hydroxylation is 2. The Morgan fingerprint density at radius 1 is 1.12 bits per heavy atom. The number of amides is 1. The van der Waals surface area contributed by atoms with Crippen molar-refractivity contribution < 1.29 is 9.53 Å². The van der Waals surface area contributed by atoms with E-state index >= 15 is 0 Å². The van der Waals surface area contributed by atoms with Gasteiger partial charge in [-0.2, -0.15) is 0 Å². The molecule has 3 heterocycles. The van der Waals surface area contributed by atoms with E-state index in [-0.39, 0.29) is 5.91 Å². The third-order valence-electron chi connectivity index (χ3n) is 6.63. The fourth-order valence-corrected chi connectivity index (χ4v) is 4.63. The number of ether oxygens (including phenoxy) is 1. The van der Waals surface area contributed by atoms with E-state index in [0.29, 0.717) is 23.0 Å². The Bertz CT molecular complexity index is 1300. The molecule has 0 saturated carbocycles. The summed E-state index contributed by atoms with van der Waals surface area (Å²) in [5, 5.41) is 7.43. The Morgan fingerprint density at radius 2 is 1.91 bits per heavy atom. The van der Waals surface area contributed by atoms with E-state index in [4.69, 9.17) is 4.74 Å². The number of anilines is 1. The van der Waals surface area contributed by atoms with E-state index in [2.05, 4.69) is 57.4 Å². The maximum Gasteiger partial charge on any atom is 0.256 e. The zero-order valence-corrected chi connectivity index (χ0v) is 19.7. The lowest BCUT2D eigenvalue weighted by Crippen LogP contribution is -2.26. The first-order valence-electron chi connectivity index (χ1n) is 11.9. The molecule has 2 aromatic carbocycles. The second kappa shape index (κ2) is 9.69. The molecular formula is C28H30N4O2. The van der Waals surface area contributed by atoms with Crippen LogP contribution in [0.2, 0.25) is 0 Å². The Balaban J connectivity index is 1.30. The Morgan fingerprint density at radius 3 is 2.68 bits per heavy atom. The Kier molecular flexibility index (Phi) is 6.32. The van der Waals surface area contributed by atoms with Crippen molar-refractivity contribution in [1.82, 2.24) is 14.9 Å². The van der Waals surface area contributed by atoms with Gasteiger partial charge in [-0.3, -0.25) is 4.79 Å². The first kappa shape index (κ1) is 22.2. The van der Waals surface area contributed by atoms with Crippen LogP contribution in [-0.4, -0.2) is 28.5 Å². The van der Waals surface area contributed by atoms with Gasteiger partial charge in [0.15, 0.2) is 0 Å². The Labute approximate surface area is 200 Å². The molecule has 1 aliphatic heterocycles. The van der Waals surface area contributed by atoms with Crippen LogP contribution in [0.15, 0.2) is 67.0 Å². The van der Waals surface area contributed by atoms with E-state index in [1.54, 1.807) is 18.3 Å². The summed E-state index contributed by atoms with van der Waals surface area (Å²) in [6.45, 7) is 4.22. The molecule has 4 aromatic rings. The van der Waals surface area contributed by atoms with Gasteiger partial charge < -0.3 is 19.9 Å². The van der Waals surface area contributed by atoms with Gasteiger partial charge >= 0.3 is 0 Å². The topological polar surface area (TPSA) is 68.2 Å². The Hall–Kier alpha value is -3.64. The predicted octanol–water partition coefficient (Wildman–Crippen LogP) is 5.65. The van der Waals surface area contributed by atoms with E-state index in [0.717, 1.165) is 49.1 Å². The van der Waals surface area contributed by atoms with Crippen LogP contribution in [-0.2, 0) is 13.5 Å². The van der Waals surface area contributed by atoms with Gasteiger partial charge in [-0.15, -0.1) is 0 Å². The minimum atomic E-state index is -0.179. The van der Waals surface area contributed by atoms with Crippen molar-refractivity contribution in [3.05, 3.63) is 83.7 Å². The molecule has 6 nitrogen and oxygen atoms in total. The van der Waals surface area contributed by atoms with Crippen LogP contribution in [0.3, 0.4) is 0 Å². The third kappa shape index (κ3) is 4.68. The fraction of sp³-hybridized carbons (Fsp3) is 0.286. The molecule has 0 spiro atoms. The summed E-state index contributed by atoms with van der Waals surface area (Å²) in [5.41, 5.74) is 4.23. The molecule has 1 amide bonds. The highest BCUT2D eigenvalue weighted by Gasteiger charge is 2.16. The van der Waals surface area contributed by atoms with Crippen LogP contribution in [0.25, 0.3) is 10.9 Å². The molecule has 2 N–H and O–H groups in total. The number of hydrogen-bond acceptors (Lipinski definition) is 4. The van der Waals surface area contributed by atoms with Crippen LogP contribution in [0.4, 0.5) is 5.82 Å². The number of carbonyl (C=O) groups excluding carboxylic acids is 1. The van der Waals surface area contributed by atoms with Crippen LogP contribution < -0.4 is 15.4 Å². The summed E-state index contributed by atoms with van der Waals surface area (Å²) in [7, 11) is 2.04. The molecule has 0 aliphatic carbocycles. The highest BCUT2D eigenvalue weighted by atomic mass is 16.5. The average Bonchev–Trinajstić information content (AvgIpc) is 3.23. The van der Waals surface area contributed by atoms with Crippen molar-refractivity contribution in [2.75, 3.05) is 18.4 Å². The number of nitrogens with zero attached hydrogens (tertiary/aromatic N) is 2. The number of carbonyl (C=O) groups is 1. The molecule has 174 valence electrons. The molecule has 2 aromatic heterocycles. The summed E-state index contributed by atoms with van der Waals surface area (Å²) in [4.78, 5) is 17.1. The van der Waals surface area contributed by atoms with Crippen molar-refractivity contribution in [1.29, 1.82) is 0 Å². The predicted molar refractivity (Wildman–Crippen MR) is 136 cm³/mol. The van der Waals surface area contributed by atoms with Gasteiger partial charge in [-0.1, -0.05) is 19.1 Å². The zero-order valence-electron chi connectivity index (χ0n) is 19.7. The lowest BCUT2D eigenvalue weighted by molar-refractivity contribution is 0.102. The second-order valence-corrected chi connectivity index (χ2v) is 8.88. The van der Waals surface area contributed by atoms with Gasteiger partial charge in [0.1, 0.15) is 17.3 Å². The fourth-order valence-electron chi connectivity index (χ4n) is 4.63. The largest absolute Gasteiger partial charge is 0.457 e. The van der Waals surface area contributed by atoms with Crippen LogP contribution in [0.5, 0.6) is 11.5 Å². The van der Waals surface area contributed by atoms with Crippen LogP contribution in [0.1, 0.15) is 47.2 Å². The molecule has 0 unspecified atom stereocenters. The maximum atomic E-state index is 12.8. The van der Waals surface area contributed by atoms with Gasteiger partial charge in [-0.25, -0.2) is 4.98 Å². The molecule has 0 radical (unpaired) electrons. The monoisotopic (exact) mass is 454 g/mol. The van der Waals surface area contributed by atoms with Gasteiger partial charge in [-0.05, 0) is 85.8 Å². The van der Waals surface area contributed by atoms with Gasteiger partial charge in [0.2, 0.25) is 0 Å². The first-order valence-corrected chi connectivity index (χ1v) is 11.9. The molecular weight excluding hydrogens is 424 g/mol. The third-order valence-corrected chi connectivity index (χ3v) is 6.63. The normalized spacial score (nSPS) is 14.3. The number of pyridine rings is 1. The number of hydrogen-bond donors (Lipinski definition) is 2. The summed E-state index contributed by atoms with van der Waals surface area (Å²) in [6.07, 6.45) is 6.83. The molecule has 6 heteroatoms. The molecule has 5 rings (SSSR count). The minimum Gasteiger partial charge on any atom is -0.457 e. The number of benzene rings is 2. The molecule has 1 aliphatic rings. The van der Waals surface area contributed by atoms with E-state index in [1.807, 2.05) is 25.4 Å². The SMILES string of the molecule is CCc1cc2c(ccn2C)cc1Oc1ccnc(NC(=O)c2ccc(C3CCNCC3)cc2)c1. The standard InChI is InChI=1S/C28H30N4O2/c1-3-19-16-25-23(11-15-32(25)2)17-26(19)34-24-10-14-30-27(18-24)31-28(33)22-6-4-20(5-7-22)21-8-12-29-13-9-21/h4-7,10-11,14-18,21,29H,3,8-9,12-13H2,1-2H3,(H,30,31,33). The summed E-state index contributed by atoms with van der Waals surface area (Å²) in [6, 6.07) is 17.8. The molecule has 0 atom stereocenters. The van der Waals surface area contributed by atoms with Crippen molar-refractivity contribution >= 4 is 22.6 Å². The minimum absolute atomic E-state index is 0.179. The number of nitrogens with one attached hydrogen (secondary N) is 2. The molecule has 34 heavy (non-hydrogen) atoms. The average molecular weight is 455 g/mol. The quantitative estimate of drug-likeness (QED) is 0.395. The highest BCUT2D eigenvalue weighted by Crippen LogP contribution is 2.31. The second-order valence-electron chi connectivity index (χ2n) is 8.88. The van der Waals surface area contributed by atoms with Crippen LogP contribution in [0, 0.1) is 0 Å². The molecule has 1 saturated heterocycles. The van der Waals surface area contributed by atoms with Crippen molar-refractivity contribution in [3.63, 3.8) is 0 Å². The lowest BCUT2D eigenvalue weighted by atomic mass is 9.90. The summed E-state index contributed by atoms with van der Waals surface area (Å²) < 4.78 is 8.33. The number of fused-ring (bicyclic) bond motifs is 1. The van der Waals surface area contributed by atoms with Gasteiger partial charge in [0.25, 0.3) is 5.91 Å². The highest BCUT2D eigenvalue weighted by molar-refractivity contribution is 6.03. The maximum absolute atomic E-state index is 12.8.